The van der Waals surface area contributed by atoms with Crippen LogP contribution in [-0.2, 0) is 9.53 Å². The van der Waals surface area contributed by atoms with Crippen molar-refractivity contribution in [3.8, 4) is 6.07 Å². The summed E-state index contributed by atoms with van der Waals surface area (Å²) < 4.78 is 5.29. The normalized spacial score (nSPS) is 17.2. The standard InChI is InChI=1S/C12H13ClN4O2/c13-4-11(18)17-10-3-8(5-14)6-15-12(10)16-7-9-1-2-19-9/h3,6,9H,1-2,4,7H2,(H,15,16)(H,17,18)/t9-/m0/s1. The Balaban J connectivity index is 2.10. The molecule has 1 aromatic heterocycles. The molecule has 2 N–H and O–H groups in total. The number of carbonyl (C=O) groups is 1. The summed E-state index contributed by atoms with van der Waals surface area (Å²) in [7, 11) is 0. The van der Waals surface area contributed by atoms with Gasteiger partial charge in [0.2, 0.25) is 5.91 Å². The molecule has 0 saturated carbocycles. The lowest BCUT2D eigenvalue weighted by molar-refractivity contribution is -0.113. The fourth-order valence-electron chi connectivity index (χ4n) is 1.60. The third-order valence-corrected chi connectivity index (χ3v) is 2.95. The summed E-state index contributed by atoms with van der Waals surface area (Å²) in [6.07, 6.45) is 2.63. The van der Waals surface area contributed by atoms with Gasteiger partial charge >= 0.3 is 0 Å². The van der Waals surface area contributed by atoms with Crippen molar-refractivity contribution in [1.82, 2.24) is 4.98 Å². The quantitative estimate of drug-likeness (QED) is 0.795. The summed E-state index contributed by atoms with van der Waals surface area (Å²) in [5.74, 6) is 0.0107. The second-order valence-electron chi connectivity index (χ2n) is 4.08. The first-order valence-electron chi connectivity index (χ1n) is 5.84. The fraction of sp³-hybridized carbons (Fsp3) is 0.417. The largest absolute Gasteiger partial charge is 0.376 e. The second kappa shape index (κ2) is 6.36. The first-order valence-corrected chi connectivity index (χ1v) is 6.38. The van der Waals surface area contributed by atoms with Crippen LogP contribution in [0, 0.1) is 11.3 Å². The zero-order valence-corrected chi connectivity index (χ0v) is 10.9. The van der Waals surface area contributed by atoms with E-state index < -0.39 is 0 Å². The van der Waals surface area contributed by atoms with Crippen LogP contribution in [0.25, 0.3) is 0 Å². The minimum Gasteiger partial charge on any atom is -0.376 e. The number of anilines is 2. The third kappa shape index (κ3) is 3.56. The molecular formula is C12H13ClN4O2. The number of aromatic nitrogens is 1. The monoisotopic (exact) mass is 280 g/mol. The van der Waals surface area contributed by atoms with Crippen molar-refractivity contribution < 1.29 is 9.53 Å². The molecule has 1 amide bonds. The lowest BCUT2D eigenvalue weighted by Crippen LogP contribution is -2.33. The zero-order chi connectivity index (χ0) is 13.7. The highest BCUT2D eigenvalue weighted by molar-refractivity contribution is 6.29. The van der Waals surface area contributed by atoms with Crippen LogP contribution in [0.15, 0.2) is 12.3 Å². The third-order valence-electron chi connectivity index (χ3n) is 2.70. The highest BCUT2D eigenvalue weighted by atomic mass is 35.5. The number of pyridine rings is 1. The first kappa shape index (κ1) is 13.6. The maximum Gasteiger partial charge on any atom is 0.239 e. The Morgan fingerprint density at radius 3 is 3.05 bits per heavy atom. The van der Waals surface area contributed by atoms with Crippen molar-refractivity contribution in [2.75, 3.05) is 29.7 Å². The number of amides is 1. The molecule has 0 aliphatic carbocycles. The van der Waals surface area contributed by atoms with Crippen LogP contribution in [0.3, 0.4) is 0 Å². The Morgan fingerprint density at radius 2 is 2.47 bits per heavy atom. The molecular weight excluding hydrogens is 268 g/mol. The van der Waals surface area contributed by atoms with E-state index in [0.29, 0.717) is 23.6 Å². The number of ether oxygens (including phenoxy) is 1. The summed E-state index contributed by atoms with van der Waals surface area (Å²) in [5.41, 5.74) is 0.819. The molecule has 1 fully saturated rings. The maximum absolute atomic E-state index is 11.3. The van der Waals surface area contributed by atoms with Gasteiger partial charge in [0.25, 0.3) is 0 Å². The van der Waals surface area contributed by atoms with Crippen molar-refractivity contribution in [1.29, 1.82) is 5.26 Å². The lowest BCUT2D eigenvalue weighted by Gasteiger charge is -2.27. The summed E-state index contributed by atoms with van der Waals surface area (Å²) in [4.78, 5) is 15.5. The highest BCUT2D eigenvalue weighted by Gasteiger charge is 2.18. The molecule has 1 saturated heterocycles. The van der Waals surface area contributed by atoms with Crippen LogP contribution < -0.4 is 10.6 Å². The first-order chi connectivity index (χ1) is 9.22. The van der Waals surface area contributed by atoms with E-state index in [2.05, 4.69) is 15.6 Å². The van der Waals surface area contributed by atoms with E-state index in [9.17, 15) is 4.79 Å². The Labute approximate surface area is 115 Å². The molecule has 2 rings (SSSR count). The van der Waals surface area contributed by atoms with Crippen LogP contribution >= 0.6 is 11.6 Å². The van der Waals surface area contributed by atoms with Gasteiger partial charge in [0.15, 0.2) is 0 Å². The van der Waals surface area contributed by atoms with Crippen LogP contribution in [0.2, 0.25) is 0 Å². The van der Waals surface area contributed by atoms with E-state index in [4.69, 9.17) is 21.6 Å². The van der Waals surface area contributed by atoms with Gasteiger partial charge in [-0.2, -0.15) is 5.26 Å². The van der Waals surface area contributed by atoms with Crippen molar-refractivity contribution in [2.24, 2.45) is 0 Å². The summed E-state index contributed by atoms with van der Waals surface area (Å²) in [6.45, 7) is 1.39. The number of nitriles is 1. The minimum absolute atomic E-state index is 0.151. The molecule has 100 valence electrons. The fourth-order valence-corrected chi connectivity index (χ4v) is 1.67. The molecule has 1 atom stereocenters. The van der Waals surface area contributed by atoms with Gasteiger partial charge in [-0.1, -0.05) is 0 Å². The SMILES string of the molecule is N#Cc1cnc(NC[C@@H]2CCO2)c(NC(=O)CCl)c1. The van der Waals surface area contributed by atoms with Crippen molar-refractivity contribution in [2.45, 2.75) is 12.5 Å². The predicted octanol–water partition coefficient (Wildman–Crippen LogP) is 1.33. The van der Waals surface area contributed by atoms with Gasteiger partial charge in [0, 0.05) is 19.3 Å². The molecule has 7 heteroatoms. The molecule has 1 aliphatic rings. The summed E-state index contributed by atoms with van der Waals surface area (Å²) in [5, 5.41) is 14.5. The zero-order valence-electron chi connectivity index (χ0n) is 10.1. The molecule has 0 bridgehead atoms. The Hall–Kier alpha value is -1.84. The van der Waals surface area contributed by atoms with Gasteiger partial charge in [0.1, 0.15) is 17.8 Å². The number of hydrogen-bond acceptors (Lipinski definition) is 5. The van der Waals surface area contributed by atoms with E-state index in [1.807, 2.05) is 6.07 Å². The molecule has 1 aliphatic heterocycles. The van der Waals surface area contributed by atoms with Gasteiger partial charge in [-0.25, -0.2) is 4.98 Å². The van der Waals surface area contributed by atoms with E-state index in [1.54, 1.807) is 6.07 Å². The van der Waals surface area contributed by atoms with Crippen molar-refractivity contribution in [3.63, 3.8) is 0 Å². The molecule has 6 nitrogen and oxygen atoms in total. The lowest BCUT2D eigenvalue weighted by atomic mass is 10.2. The number of nitrogens with one attached hydrogen (secondary N) is 2. The summed E-state index contributed by atoms with van der Waals surface area (Å²) >= 11 is 5.45. The summed E-state index contributed by atoms with van der Waals surface area (Å²) in [6, 6.07) is 3.53. The topological polar surface area (TPSA) is 87.0 Å². The maximum atomic E-state index is 11.3. The molecule has 0 unspecified atom stereocenters. The molecule has 1 aromatic rings. The predicted molar refractivity (Wildman–Crippen MR) is 71.1 cm³/mol. The van der Waals surface area contributed by atoms with Gasteiger partial charge in [-0.3, -0.25) is 4.79 Å². The molecule has 0 spiro atoms. The van der Waals surface area contributed by atoms with E-state index in [-0.39, 0.29) is 17.9 Å². The van der Waals surface area contributed by atoms with Crippen LogP contribution in [-0.4, -0.2) is 36.0 Å². The number of halogens is 1. The number of rotatable bonds is 5. The van der Waals surface area contributed by atoms with Crippen molar-refractivity contribution >= 4 is 29.0 Å². The number of hydrogen-bond donors (Lipinski definition) is 2. The number of nitrogens with zero attached hydrogens (tertiary/aromatic N) is 2. The average molecular weight is 281 g/mol. The van der Waals surface area contributed by atoms with E-state index in [1.165, 1.54) is 6.20 Å². The minimum atomic E-state index is -0.346. The highest BCUT2D eigenvalue weighted by Crippen LogP contribution is 2.21. The van der Waals surface area contributed by atoms with Gasteiger partial charge in [-0.15, -0.1) is 11.6 Å². The van der Waals surface area contributed by atoms with Gasteiger partial charge in [0.05, 0.1) is 17.4 Å². The van der Waals surface area contributed by atoms with E-state index >= 15 is 0 Å². The molecule has 19 heavy (non-hydrogen) atoms. The van der Waals surface area contributed by atoms with Crippen molar-refractivity contribution in [3.05, 3.63) is 17.8 Å². The van der Waals surface area contributed by atoms with Crippen LogP contribution in [0.5, 0.6) is 0 Å². The van der Waals surface area contributed by atoms with E-state index in [0.717, 1.165) is 13.0 Å². The average Bonchev–Trinajstić information content (AvgIpc) is 2.38. The second-order valence-corrected chi connectivity index (χ2v) is 4.34. The Bertz CT molecular complexity index is 511. The van der Waals surface area contributed by atoms with Crippen LogP contribution in [0.4, 0.5) is 11.5 Å². The Morgan fingerprint density at radius 1 is 1.68 bits per heavy atom. The Kier molecular flexibility index (Phi) is 4.55. The van der Waals surface area contributed by atoms with Gasteiger partial charge < -0.3 is 15.4 Å². The van der Waals surface area contributed by atoms with Crippen LogP contribution in [0.1, 0.15) is 12.0 Å². The molecule has 0 aromatic carbocycles. The molecule has 0 radical (unpaired) electrons. The molecule has 2 heterocycles. The van der Waals surface area contributed by atoms with Gasteiger partial charge in [-0.05, 0) is 12.5 Å². The number of alkyl halides is 1. The smallest absolute Gasteiger partial charge is 0.239 e. The number of carbonyl (C=O) groups excluding carboxylic acids is 1.